The van der Waals surface area contributed by atoms with Crippen molar-refractivity contribution in [2.45, 2.75) is 25.9 Å². The molecule has 0 aliphatic heterocycles. The number of alkyl halides is 2. The highest BCUT2D eigenvalue weighted by atomic mass is 19.3. The highest BCUT2D eigenvalue weighted by Gasteiger charge is 2.24. The summed E-state index contributed by atoms with van der Waals surface area (Å²) in [6.45, 7) is -2.90. The first-order chi connectivity index (χ1) is 15.9. The number of aryl methyl sites for hydroxylation is 1. The predicted octanol–water partition coefficient (Wildman–Crippen LogP) is 3.11. The van der Waals surface area contributed by atoms with Gasteiger partial charge in [-0.05, 0) is 31.4 Å². The van der Waals surface area contributed by atoms with Gasteiger partial charge in [-0.25, -0.2) is 15.0 Å². The highest BCUT2D eigenvalue weighted by molar-refractivity contribution is 5.93. The minimum Gasteiger partial charge on any atom is -0.481 e. The fourth-order valence-electron chi connectivity index (χ4n) is 3.62. The maximum absolute atomic E-state index is 12.6. The number of fused-ring (bicyclic) bond motifs is 1. The fraction of sp³-hybridized carbons (Fsp3) is 0.318. The van der Waals surface area contributed by atoms with E-state index in [9.17, 15) is 13.6 Å². The van der Waals surface area contributed by atoms with E-state index in [1.165, 1.54) is 31.6 Å². The van der Waals surface area contributed by atoms with Gasteiger partial charge in [-0.3, -0.25) is 9.78 Å². The topological polar surface area (TPSA) is 102 Å². The van der Waals surface area contributed by atoms with Crippen LogP contribution in [0.4, 0.5) is 20.3 Å². The molecule has 1 aliphatic rings. The molecule has 0 saturated carbocycles. The van der Waals surface area contributed by atoms with Crippen LogP contribution in [0.3, 0.4) is 0 Å². The van der Waals surface area contributed by atoms with E-state index in [4.69, 9.17) is 4.74 Å². The number of ether oxygens (including phenoxy) is 2. The lowest BCUT2D eigenvalue weighted by atomic mass is 10.2. The van der Waals surface area contributed by atoms with Gasteiger partial charge in [-0.2, -0.15) is 8.78 Å². The molecule has 1 amide bonds. The maximum Gasteiger partial charge on any atom is 0.387 e. The molecule has 0 fully saturated rings. The van der Waals surface area contributed by atoms with Crippen molar-refractivity contribution < 1.29 is 23.0 Å². The summed E-state index contributed by atoms with van der Waals surface area (Å²) in [5, 5.41) is 2.79. The second kappa shape index (κ2) is 9.72. The summed E-state index contributed by atoms with van der Waals surface area (Å²) in [6.07, 6.45) is 5.35. The highest BCUT2D eigenvalue weighted by Crippen LogP contribution is 2.31. The Kier molecular flexibility index (Phi) is 6.57. The number of carbonyl (C=O) groups excluding carboxylic acids is 1. The van der Waals surface area contributed by atoms with E-state index in [1.807, 2.05) is 0 Å². The number of methoxy groups -OCH3 is 1. The number of aromatic nitrogens is 4. The number of likely N-dealkylation sites (N-methyl/N-ethyl adjacent to an activating group) is 1. The zero-order chi connectivity index (χ0) is 23.4. The number of rotatable bonds is 8. The number of hydrogen-bond acceptors (Lipinski definition) is 8. The van der Waals surface area contributed by atoms with Crippen molar-refractivity contribution in [2.24, 2.45) is 0 Å². The number of halogens is 2. The summed E-state index contributed by atoms with van der Waals surface area (Å²) >= 11 is 0. The molecule has 3 heterocycles. The quantitative estimate of drug-likeness (QED) is 0.552. The van der Waals surface area contributed by atoms with Crippen LogP contribution in [0.15, 0.2) is 36.7 Å². The molecule has 0 unspecified atom stereocenters. The van der Waals surface area contributed by atoms with Gasteiger partial charge in [0.15, 0.2) is 5.82 Å². The number of nitrogens with zero attached hydrogens (tertiary/aromatic N) is 5. The molecular formula is C22H22F2N6O3. The molecule has 0 spiro atoms. The number of nitrogens with one attached hydrogen (secondary N) is 1. The largest absolute Gasteiger partial charge is 0.481 e. The Balaban J connectivity index is 1.55. The molecule has 1 N–H and O–H groups in total. The third kappa shape index (κ3) is 5.30. The van der Waals surface area contributed by atoms with Gasteiger partial charge in [0.25, 0.3) is 0 Å². The summed E-state index contributed by atoms with van der Waals surface area (Å²) in [5.74, 6) is 1.07. The molecule has 33 heavy (non-hydrogen) atoms. The normalized spacial score (nSPS) is 12.4. The zero-order valence-corrected chi connectivity index (χ0v) is 18.1. The van der Waals surface area contributed by atoms with Gasteiger partial charge in [0, 0.05) is 36.6 Å². The Hall–Kier alpha value is -3.89. The summed E-state index contributed by atoms with van der Waals surface area (Å²) in [6, 6.07) is 6.07. The van der Waals surface area contributed by atoms with Gasteiger partial charge in [-0.1, -0.05) is 0 Å². The van der Waals surface area contributed by atoms with Gasteiger partial charge in [0.1, 0.15) is 17.3 Å². The Morgan fingerprint density at radius 1 is 1.21 bits per heavy atom. The molecule has 0 aromatic carbocycles. The number of anilines is 2. The molecule has 11 heteroatoms. The van der Waals surface area contributed by atoms with Gasteiger partial charge in [0.2, 0.25) is 11.8 Å². The molecule has 0 radical (unpaired) electrons. The van der Waals surface area contributed by atoms with Crippen LogP contribution in [-0.4, -0.2) is 53.2 Å². The van der Waals surface area contributed by atoms with Crippen molar-refractivity contribution in [3.05, 3.63) is 47.9 Å². The minimum absolute atomic E-state index is 0.0264. The third-order valence-corrected chi connectivity index (χ3v) is 5.07. The van der Waals surface area contributed by atoms with E-state index < -0.39 is 6.61 Å². The molecule has 172 valence electrons. The standard InChI is InChI=1S/C22H22F2N6O3/c1-30(12-18(31)27-13-6-7-19(32-2)26-11-13)21-15-4-3-5-16(15)28-20(29-21)17-10-14(8-9-25-17)33-22(23)24/h6-11,22H,3-5,12H2,1-2H3,(H,27,31). The molecule has 4 rings (SSSR count). The van der Waals surface area contributed by atoms with Crippen LogP contribution in [-0.2, 0) is 17.6 Å². The number of amides is 1. The minimum atomic E-state index is -2.94. The smallest absolute Gasteiger partial charge is 0.387 e. The van der Waals surface area contributed by atoms with E-state index in [0.29, 0.717) is 23.1 Å². The van der Waals surface area contributed by atoms with Gasteiger partial charge >= 0.3 is 6.61 Å². The monoisotopic (exact) mass is 456 g/mol. The van der Waals surface area contributed by atoms with Gasteiger partial charge in [0.05, 0.1) is 25.5 Å². The number of carbonyl (C=O) groups is 1. The molecule has 0 bridgehead atoms. The summed E-state index contributed by atoms with van der Waals surface area (Å²) < 4.78 is 34.7. The summed E-state index contributed by atoms with van der Waals surface area (Å²) in [7, 11) is 3.28. The first-order valence-corrected chi connectivity index (χ1v) is 10.2. The van der Waals surface area contributed by atoms with Crippen molar-refractivity contribution in [2.75, 3.05) is 30.9 Å². The van der Waals surface area contributed by atoms with Crippen molar-refractivity contribution in [3.8, 4) is 23.1 Å². The van der Waals surface area contributed by atoms with E-state index in [0.717, 1.165) is 30.5 Å². The van der Waals surface area contributed by atoms with Crippen molar-refractivity contribution in [1.82, 2.24) is 19.9 Å². The lowest BCUT2D eigenvalue weighted by molar-refractivity contribution is -0.114. The zero-order valence-electron chi connectivity index (χ0n) is 18.1. The Morgan fingerprint density at radius 3 is 2.79 bits per heavy atom. The molecule has 1 aliphatic carbocycles. The molecule has 0 saturated heterocycles. The van der Waals surface area contributed by atoms with E-state index in [2.05, 4.69) is 30.0 Å². The first kappa shape index (κ1) is 22.3. The molecule has 3 aromatic rings. The lowest BCUT2D eigenvalue weighted by Crippen LogP contribution is -2.31. The first-order valence-electron chi connectivity index (χ1n) is 10.2. The molecule has 3 aromatic heterocycles. The van der Waals surface area contributed by atoms with E-state index in [-0.39, 0.29) is 24.0 Å². The maximum atomic E-state index is 12.6. The van der Waals surface area contributed by atoms with Crippen LogP contribution in [0.1, 0.15) is 17.7 Å². The van der Waals surface area contributed by atoms with Crippen molar-refractivity contribution >= 4 is 17.4 Å². The second-order valence-electron chi connectivity index (χ2n) is 7.40. The van der Waals surface area contributed by atoms with Crippen LogP contribution in [0.25, 0.3) is 11.5 Å². The van der Waals surface area contributed by atoms with Crippen LogP contribution < -0.4 is 19.7 Å². The summed E-state index contributed by atoms with van der Waals surface area (Å²) in [5.41, 5.74) is 2.69. The van der Waals surface area contributed by atoms with Crippen molar-refractivity contribution in [3.63, 3.8) is 0 Å². The molecule has 9 nitrogen and oxygen atoms in total. The predicted molar refractivity (Wildman–Crippen MR) is 117 cm³/mol. The van der Waals surface area contributed by atoms with Gasteiger partial charge < -0.3 is 19.7 Å². The van der Waals surface area contributed by atoms with Crippen LogP contribution in [0.2, 0.25) is 0 Å². The Bertz CT molecular complexity index is 1140. The average Bonchev–Trinajstić information content (AvgIpc) is 3.27. The van der Waals surface area contributed by atoms with Crippen LogP contribution in [0.5, 0.6) is 11.6 Å². The summed E-state index contributed by atoms with van der Waals surface area (Å²) in [4.78, 5) is 31.8. The Morgan fingerprint density at radius 2 is 2.06 bits per heavy atom. The van der Waals surface area contributed by atoms with E-state index in [1.54, 1.807) is 24.1 Å². The van der Waals surface area contributed by atoms with Crippen LogP contribution in [0, 0.1) is 0 Å². The second-order valence-corrected chi connectivity index (χ2v) is 7.40. The lowest BCUT2D eigenvalue weighted by Gasteiger charge is -2.21. The Labute approximate surface area is 188 Å². The number of hydrogen-bond donors (Lipinski definition) is 1. The van der Waals surface area contributed by atoms with Crippen molar-refractivity contribution in [1.29, 1.82) is 0 Å². The average molecular weight is 456 g/mol. The SMILES string of the molecule is COc1ccc(NC(=O)CN(C)c2nc(-c3cc(OC(F)F)ccn3)nc3c2CCC3)cn1. The molecule has 0 atom stereocenters. The molecular weight excluding hydrogens is 434 g/mol. The van der Waals surface area contributed by atoms with E-state index >= 15 is 0 Å². The number of pyridine rings is 2. The fourth-order valence-corrected chi connectivity index (χ4v) is 3.62. The third-order valence-electron chi connectivity index (χ3n) is 5.07. The van der Waals surface area contributed by atoms with Crippen LogP contribution >= 0.6 is 0 Å². The van der Waals surface area contributed by atoms with Gasteiger partial charge in [-0.15, -0.1) is 0 Å².